The first-order valence-corrected chi connectivity index (χ1v) is 13.1. The highest BCUT2D eigenvalue weighted by atomic mass is 32.1. The van der Waals surface area contributed by atoms with Crippen LogP contribution in [0.4, 0.5) is 5.13 Å². The topological polar surface area (TPSA) is 93.7 Å². The predicted molar refractivity (Wildman–Crippen MR) is 141 cm³/mol. The van der Waals surface area contributed by atoms with Gasteiger partial charge in [-0.2, -0.15) is 0 Å². The summed E-state index contributed by atoms with van der Waals surface area (Å²) >= 11 is 1.46. The van der Waals surface area contributed by atoms with Crippen LogP contribution in [0.5, 0.6) is 11.5 Å². The molecule has 1 saturated heterocycles. The number of carbonyl (C=O) groups excluding carboxylic acids is 2. The molecule has 37 heavy (non-hydrogen) atoms. The highest BCUT2D eigenvalue weighted by molar-refractivity contribution is 7.15. The number of allylic oxidation sites excluding steroid dienone is 2. The number of aryl methyl sites for hydroxylation is 2. The largest absolute Gasteiger partial charge is 0.454 e. The number of nitrogens with zero attached hydrogens (tertiary/aromatic N) is 3. The summed E-state index contributed by atoms with van der Waals surface area (Å²) in [6, 6.07) is 7.41. The number of thiazole rings is 1. The van der Waals surface area contributed by atoms with E-state index in [1.54, 1.807) is 12.4 Å². The summed E-state index contributed by atoms with van der Waals surface area (Å²) in [7, 11) is 0. The third kappa shape index (κ3) is 4.51. The van der Waals surface area contributed by atoms with Gasteiger partial charge in [-0.3, -0.25) is 14.6 Å². The zero-order valence-electron chi connectivity index (χ0n) is 20.6. The first-order chi connectivity index (χ1) is 18.0. The second-order valence-electron chi connectivity index (χ2n) is 9.45. The Morgan fingerprint density at radius 3 is 2.92 bits per heavy atom. The number of ether oxygens (including phenoxy) is 2. The van der Waals surface area contributed by atoms with Crippen molar-refractivity contribution in [3.05, 3.63) is 82.1 Å². The average Bonchev–Trinajstić information content (AvgIpc) is 3.61. The van der Waals surface area contributed by atoms with Crippen LogP contribution in [-0.4, -0.2) is 46.1 Å². The minimum atomic E-state index is -0.136. The Hall–Kier alpha value is -3.98. The molecule has 3 aromatic rings. The molecule has 3 aliphatic rings. The van der Waals surface area contributed by atoms with E-state index in [-0.39, 0.29) is 37.0 Å². The van der Waals surface area contributed by atoms with Gasteiger partial charge in [0, 0.05) is 29.7 Å². The van der Waals surface area contributed by atoms with Crippen molar-refractivity contribution in [1.29, 1.82) is 0 Å². The quantitative estimate of drug-likeness (QED) is 0.537. The fraction of sp³-hybridized carbons (Fsp3) is 0.286. The molecule has 2 aliphatic heterocycles. The number of likely N-dealkylation sites (tertiary alicyclic amines) is 1. The standard InChI is InChI=1S/C28H26N4O4S/c1-16-7-9-29-14-21(16)27(34)32-10-8-19-13-20(4-5-22(19)32)26-17(2)37-28(31-26)30-25(33)12-18-3-6-23-24(11-18)36-15-35-23/h3-7,9,11,13-14,19,22H,8,10,12,15H2,1-2H3,(H,30,31,33). The number of fused-ring (bicyclic) bond motifs is 2. The molecule has 8 nitrogen and oxygen atoms in total. The number of aromatic nitrogens is 2. The van der Waals surface area contributed by atoms with Gasteiger partial charge in [-0.1, -0.05) is 24.3 Å². The van der Waals surface area contributed by atoms with Crippen molar-refractivity contribution in [2.45, 2.75) is 32.7 Å². The van der Waals surface area contributed by atoms with Crippen molar-refractivity contribution in [2.75, 3.05) is 18.7 Å². The molecule has 9 heteroatoms. The number of hydrogen-bond donors (Lipinski definition) is 1. The van der Waals surface area contributed by atoms with Gasteiger partial charge in [0.25, 0.3) is 5.91 Å². The molecule has 2 aromatic heterocycles. The Kier molecular flexibility index (Phi) is 6.00. The van der Waals surface area contributed by atoms with Crippen LogP contribution in [0.2, 0.25) is 0 Å². The van der Waals surface area contributed by atoms with Crippen LogP contribution in [0.25, 0.3) is 5.57 Å². The predicted octanol–water partition coefficient (Wildman–Crippen LogP) is 4.55. The number of carbonyl (C=O) groups is 2. The zero-order valence-corrected chi connectivity index (χ0v) is 21.4. The van der Waals surface area contributed by atoms with E-state index >= 15 is 0 Å². The summed E-state index contributed by atoms with van der Waals surface area (Å²) < 4.78 is 10.7. The maximum Gasteiger partial charge on any atom is 0.256 e. The Morgan fingerprint density at radius 2 is 2.05 bits per heavy atom. The second kappa shape index (κ2) is 9.48. The van der Waals surface area contributed by atoms with E-state index in [0.717, 1.165) is 33.7 Å². The lowest BCUT2D eigenvalue weighted by Crippen LogP contribution is -2.37. The summed E-state index contributed by atoms with van der Waals surface area (Å²) in [6.45, 7) is 4.86. The molecule has 1 fully saturated rings. The van der Waals surface area contributed by atoms with Gasteiger partial charge in [0.1, 0.15) is 0 Å². The van der Waals surface area contributed by atoms with Gasteiger partial charge in [0.15, 0.2) is 16.6 Å². The number of benzene rings is 1. The fourth-order valence-corrected chi connectivity index (χ4v) is 5.96. The number of hydrogen-bond acceptors (Lipinski definition) is 7. The fourth-order valence-electron chi connectivity index (χ4n) is 5.11. The molecule has 2 amide bonds. The van der Waals surface area contributed by atoms with Gasteiger partial charge in [0.2, 0.25) is 12.7 Å². The van der Waals surface area contributed by atoms with Crippen molar-refractivity contribution >= 4 is 33.9 Å². The SMILES string of the molecule is Cc1ccncc1C(=O)N1CCC2C=C(c3nc(NC(=O)Cc4ccc5c(c4)OCO5)sc3C)C=CC21. The molecule has 188 valence electrons. The monoisotopic (exact) mass is 514 g/mol. The third-order valence-electron chi connectivity index (χ3n) is 7.02. The minimum Gasteiger partial charge on any atom is -0.454 e. The highest BCUT2D eigenvalue weighted by Crippen LogP contribution is 2.37. The highest BCUT2D eigenvalue weighted by Gasteiger charge is 2.37. The van der Waals surface area contributed by atoms with E-state index in [4.69, 9.17) is 14.5 Å². The average molecular weight is 515 g/mol. The van der Waals surface area contributed by atoms with Crippen LogP contribution in [-0.2, 0) is 11.2 Å². The minimum absolute atomic E-state index is 0.0238. The Labute approximate surface area is 218 Å². The maximum atomic E-state index is 13.2. The molecule has 0 radical (unpaired) electrons. The smallest absolute Gasteiger partial charge is 0.256 e. The zero-order chi connectivity index (χ0) is 25.5. The van der Waals surface area contributed by atoms with E-state index in [1.165, 1.54) is 11.3 Å². The molecule has 1 aliphatic carbocycles. The van der Waals surface area contributed by atoms with E-state index in [9.17, 15) is 9.59 Å². The lowest BCUT2D eigenvalue weighted by molar-refractivity contribution is -0.115. The molecule has 0 bridgehead atoms. The van der Waals surface area contributed by atoms with Crippen molar-refractivity contribution in [2.24, 2.45) is 5.92 Å². The molecule has 0 spiro atoms. The number of nitrogens with one attached hydrogen (secondary N) is 1. The molecule has 0 saturated carbocycles. The lowest BCUT2D eigenvalue weighted by atomic mass is 9.90. The van der Waals surface area contributed by atoms with E-state index < -0.39 is 0 Å². The number of rotatable bonds is 5. The van der Waals surface area contributed by atoms with E-state index in [0.29, 0.717) is 28.7 Å². The van der Waals surface area contributed by atoms with Gasteiger partial charge in [0.05, 0.1) is 23.7 Å². The molecule has 1 aromatic carbocycles. The van der Waals surface area contributed by atoms with Crippen molar-refractivity contribution < 1.29 is 19.1 Å². The molecular formula is C28H26N4O4S. The van der Waals surface area contributed by atoms with Crippen molar-refractivity contribution in [3.63, 3.8) is 0 Å². The third-order valence-corrected chi connectivity index (χ3v) is 7.90. The van der Waals surface area contributed by atoms with Gasteiger partial charge < -0.3 is 19.7 Å². The Bertz CT molecular complexity index is 1460. The van der Waals surface area contributed by atoms with Crippen LogP contribution >= 0.6 is 11.3 Å². The molecule has 1 N–H and O–H groups in total. The van der Waals surface area contributed by atoms with Crippen molar-refractivity contribution in [1.82, 2.24) is 14.9 Å². The van der Waals surface area contributed by atoms with Crippen LogP contribution in [0.3, 0.4) is 0 Å². The Balaban J connectivity index is 1.13. The number of anilines is 1. The molecular weight excluding hydrogens is 488 g/mol. The molecule has 2 atom stereocenters. The summed E-state index contributed by atoms with van der Waals surface area (Å²) in [4.78, 5) is 37.7. The Morgan fingerprint density at radius 1 is 1.19 bits per heavy atom. The maximum absolute atomic E-state index is 13.2. The van der Waals surface area contributed by atoms with Crippen LogP contribution in [0.15, 0.2) is 54.9 Å². The van der Waals surface area contributed by atoms with Gasteiger partial charge in [-0.25, -0.2) is 4.98 Å². The number of pyridine rings is 1. The number of amides is 2. The summed E-state index contributed by atoms with van der Waals surface area (Å²) in [5, 5.41) is 3.51. The van der Waals surface area contributed by atoms with Crippen LogP contribution in [0.1, 0.15) is 38.5 Å². The molecule has 6 rings (SSSR count). The first-order valence-electron chi connectivity index (χ1n) is 12.2. The first kappa shape index (κ1) is 23.4. The van der Waals surface area contributed by atoms with E-state index in [1.807, 2.05) is 49.1 Å². The van der Waals surface area contributed by atoms with Crippen LogP contribution < -0.4 is 14.8 Å². The van der Waals surface area contributed by atoms with Gasteiger partial charge >= 0.3 is 0 Å². The van der Waals surface area contributed by atoms with Gasteiger partial charge in [-0.05, 0) is 55.2 Å². The molecule has 4 heterocycles. The lowest BCUT2D eigenvalue weighted by Gasteiger charge is -2.27. The van der Waals surface area contributed by atoms with Crippen LogP contribution in [0, 0.1) is 19.8 Å². The summed E-state index contributed by atoms with van der Waals surface area (Å²) in [5.74, 6) is 1.48. The van der Waals surface area contributed by atoms with E-state index in [2.05, 4.69) is 22.5 Å². The van der Waals surface area contributed by atoms with Crippen molar-refractivity contribution in [3.8, 4) is 11.5 Å². The summed E-state index contributed by atoms with van der Waals surface area (Å²) in [6.07, 6.45) is 10.8. The second-order valence-corrected chi connectivity index (χ2v) is 10.7. The normalized spacial score (nSPS) is 19.5. The van der Waals surface area contributed by atoms with Gasteiger partial charge in [-0.15, -0.1) is 11.3 Å². The summed E-state index contributed by atoms with van der Waals surface area (Å²) in [5.41, 5.74) is 4.33. The molecule has 2 unspecified atom stereocenters.